The van der Waals surface area contributed by atoms with Crippen LogP contribution in [0.5, 0.6) is 0 Å². The molecule has 3 amide bonds. The Bertz CT molecular complexity index is 717. The largest absolute Gasteiger partial charge is 0.338 e. The molecule has 0 bridgehead atoms. The van der Waals surface area contributed by atoms with E-state index in [0.717, 1.165) is 31.7 Å². The molecule has 2 heterocycles. The minimum Gasteiger partial charge on any atom is -0.338 e. The van der Waals surface area contributed by atoms with Crippen LogP contribution in [0.4, 0.5) is 10.7 Å². The number of anilines is 1. The van der Waals surface area contributed by atoms with Crippen LogP contribution in [-0.2, 0) is 11.3 Å². The lowest BCUT2D eigenvalue weighted by Gasteiger charge is -2.34. The van der Waals surface area contributed by atoms with Gasteiger partial charge in [-0.3, -0.25) is 15.0 Å². The van der Waals surface area contributed by atoms with Gasteiger partial charge in [0.05, 0.1) is 6.54 Å². The first kappa shape index (κ1) is 17.8. The average molecular weight is 354 g/mol. The highest BCUT2D eigenvalue weighted by atomic mass is 16.2. The fraction of sp³-hybridized carbons (Fsp3) is 0.333. The fourth-order valence-electron chi connectivity index (χ4n) is 2.75. The molecule has 1 fully saturated rings. The number of hydrogen-bond acceptors (Lipinski definition) is 6. The van der Waals surface area contributed by atoms with Gasteiger partial charge < -0.3 is 10.2 Å². The molecule has 1 aliphatic heterocycles. The Labute approximate surface area is 152 Å². The van der Waals surface area contributed by atoms with Crippen LogP contribution in [0.25, 0.3) is 0 Å². The van der Waals surface area contributed by atoms with E-state index in [1.807, 2.05) is 35.2 Å². The predicted octanol–water partition coefficient (Wildman–Crippen LogP) is 0.625. The van der Waals surface area contributed by atoms with Gasteiger partial charge in [-0.15, -0.1) is 0 Å². The molecule has 0 radical (unpaired) electrons. The SMILES string of the molecule is O=C(CN1CCN(c2ncccn2)CC1)NC(=O)NCc1ccccc1. The van der Waals surface area contributed by atoms with Crippen LogP contribution in [0.2, 0.25) is 0 Å². The molecule has 2 aromatic rings. The molecule has 1 aromatic carbocycles. The summed E-state index contributed by atoms with van der Waals surface area (Å²) in [5.41, 5.74) is 0.981. The molecule has 8 heteroatoms. The Morgan fingerprint density at radius 2 is 1.65 bits per heavy atom. The number of nitrogens with zero attached hydrogens (tertiary/aromatic N) is 4. The second-order valence-electron chi connectivity index (χ2n) is 6.03. The van der Waals surface area contributed by atoms with Crippen LogP contribution in [0.1, 0.15) is 5.56 Å². The normalized spacial score (nSPS) is 14.7. The summed E-state index contributed by atoms with van der Waals surface area (Å²) in [6, 6.07) is 10.9. The van der Waals surface area contributed by atoms with Gasteiger partial charge in [0.2, 0.25) is 11.9 Å². The zero-order valence-electron chi connectivity index (χ0n) is 14.5. The maximum Gasteiger partial charge on any atom is 0.321 e. The van der Waals surface area contributed by atoms with Gasteiger partial charge in [-0.1, -0.05) is 30.3 Å². The molecule has 1 aromatic heterocycles. The van der Waals surface area contributed by atoms with Gasteiger partial charge in [0.1, 0.15) is 0 Å². The smallest absolute Gasteiger partial charge is 0.321 e. The van der Waals surface area contributed by atoms with E-state index in [-0.39, 0.29) is 12.5 Å². The molecule has 1 saturated heterocycles. The lowest BCUT2D eigenvalue weighted by atomic mass is 10.2. The Kier molecular flexibility index (Phi) is 6.10. The lowest BCUT2D eigenvalue weighted by Crippen LogP contribution is -2.51. The van der Waals surface area contributed by atoms with Crippen LogP contribution >= 0.6 is 0 Å². The number of aromatic nitrogens is 2. The summed E-state index contributed by atoms with van der Waals surface area (Å²) in [4.78, 5) is 36.4. The van der Waals surface area contributed by atoms with Gasteiger partial charge in [-0.2, -0.15) is 0 Å². The Morgan fingerprint density at radius 3 is 2.35 bits per heavy atom. The molecule has 136 valence electrons. The molecular formula is C18H22N6O2. The standard InChI is InChI=1S/C18H22N6O2/c25-16(22-18(26)21-13-15-5-2-1-3-6-15)14-23-9-11-24(12-10-23)17-19-7-4-8-20-17/h1-8H,9-14H2,(H2,21,22,25,26). The van der Waals surface area contributed by atoms with Gasteiger partial charge in [0, 0.05) is 45.1 Å². The predicted molar refractivity (Wildman–Crippen MR) is 97.5 cm³/mol. The maximum absolute atomic E-state index is 12.0. The van der Waals surface area contributed by atoms with Gasteiger partial charge in [-0.25, -0.2) is 14.8 Å². The molecule has 2 N–H and O–H groups in total. The number of carbonyl (C=O) groups excluding carboxylic acids is 2. The van der Waals surface area contributed by atoms with Crippen LogP contribution in [0, 0.1) is 0 Å². The second-order valence-corrected chi connectivity index (χ2v) is 6.03. The topological polar surface area (TPSA) is 90.5 Å². The van der Waals surface area contributed by atoms with E-state index in [9.17, 15) is 9.59 Å². The van der Waals surface area contributed by atoms with E-state index in [1.165, 1.54) is 0 Å². The van der Waals surface area contributed by atoms with E-state index in [0.29, 0.717) is 12.5 Å². The average Bonchev–Trinajstić information content (AvgIpc) is 2.68. The number of carbonyl (C=O) groups is 2. The monoisotopic (exact) mass is 354 g/mol. The summed E-state index contributed by atoms with van der Waals surface area (Å²) in [5.74, 6) is 0.400. The number of hydrogen-bond donors (Lipinski definition) is 2. The van der Waals surface area contributed by atoms with E-state index >= 15 is 0 Å². The molecule has 0 unspecified atom stereocenters. The number of amides is 3. The number of rotatable bonds is 5. The Balaban J connectivity index is 1.37. The van der Waals surface area contributed by atoms with Crippen molar-refractivity contribution in [2.24, 2.45) is 0 Å². The number of imide groups is 1. The van der Waals surface area contributed by atoms with E-state index in [2.05, 4.69) is 25.5 Å². The third-order valence-electron chi connectivity index (χ3n) is 4.12. The van der Waals surface area contributed by atoms with Crippen molar-refractivity contribution in [2.45, 2.75) is 6.54 Å². The minimum absolute atomic E-state index is 0.197. The third kappa shape index (κ3) is 5.25. The van der Waals surface area contributed by atoms with Crippen molar-refractivity contribution < 1.29 is 9.59 Å². The van der Waals surface area contributed by atoms with Gasteiger partial charge in [-0.05, 0) is 11.6 Å². The van der Waals surface area contributed by atoms with Gasteiger partial charge in [0.15, 0.2) is 0 Å². The summed E-state index contributed by atoms with van der Waals surface area (Å²) < 4.78 is 0. The minimum atomic E-state index is -0.477. The van der Waals surface area contributed by atoms with Gasteiger partial charge in [0.25, 0.3) is 0 Å². The van der Waals surface area contributed by atoms with Crippen LogP contribution < -0.4 is 15.5 Å². The van der Waals surface area contributed by atoms with Crippen molar-refractivity contribution in [1.29, 1.82) is 0 Å². The molecule has 8 nitrogen and oxygen atoms in total. The Morgan fingerprint density at radius 1 is 0.962 bits per heavy atom. The van der Waals surface area contributed by atoms with E-state index in [1.54, 1.807) is 18.5 Å². The summed E-state index contributed by atoms with van der Waals surface area (Å²) in [5, 5.41) is 5.05. The first-order valence-electron chi connectivity index (χ1n) is 8.56. The summed E-state index contributed by atoms with van der Waals surface area (Å²) in [6.07, 6.45) is 3.44. The van der Waals surface area contributed by atoms with E-state index in [4.69, 9.17) is 0 Å². The molecule has 0 atom stereocenters. The highest BCUT2D eigenvalue weighted by Crippen LogP contribution is 2.09. The van der Waals surface area contributed by atoms with Gasteiger partial charge >= 0.3 is 6.03 Å². The highest BCUT2D eigenvalue weighted by molar-refractivity contribution is 5.95. The van der Waals surface area contributed by atoms with Crippen LogP contribution in [0.15, 0.2) is 48.8 Å². The number of urea groups is 1. The summed E-state index contributed by atoms with van der Waals surface area (Å²) >= 11 is 0. The van der Waals surface area contributed by atoms with Crippen molar-refractivity contribution in [2.75, 3.05) is 37.6 Å². The molecule has 1 aliphatic rings. The van der Waals surface area contributed by atoms with Crippen molar-refractivity contribution in [3.05, 3.63) is 54.4 Å². The third-order valence-corrected chi connectivity index (χ3v) is 4.12. The zero-order valence-corrected chi connectivity index (χ0v) is 14.5. The van der Waals surface area contributed by atoms with E-state index < -0.39 is 6.03 Å². The van der Waals surface area contributed by atoms with Crippen LogP contribution in [0.3, 0.4) is 0 Å². The van der Waals surface area contributed by atoms with Crippen molar-refractivity contribution >= 4 is 17.9 Å². The summed E-state index contributed by atoms with van der Waals surface area (Å²) in [6.45, 7) is 3.52. The second kappa shape index (κ2) is 8.91. The summed E-state index contributed by atoms with van der Waals surface area (Å²) in [7, 11) is 0. The highest BCUT2D eigenvalue weighted by Gasteiger charge is 2.21. The molecule has 26 heavy (non-hydrogen) atoms. The first-order valence-corrected chi connectivity index (χ1v) is 8.56. The van der Waals surface area contributed by atoms with Crippen molar-refractivity contribution in [3.8, 4) is 0 Å². The van der Waals surface area contributed by atoms with Crippen molar-refractivity contribution in [1.82, 2.24) is 25.5 Å². The molecule has 0 saturated carbocycles. The lowest BCUT2D eigenvalue weighted by molar-refractivity contribution is -0.121. The molecule has 0 aliphatic carbocycles. The number of piperazine rings is 1. The number of benzene rings is 1. The van der Waals surface area contributed by atoms with Crippen molar-refractivity contribution in [3.63, 3.8) is 0 Å². The molecule has 3 rings (SSSR count). The van der Waals surface area contributed by atoms with Crippen LogP contribution in [-0.4, -0.2) is 59.5 Å². The molecule has 0 spiro atoms. The molecular weight excluding hydrogens is 332 g/mol. The maximum atomic E-state index is 12.0. The zero-order chi connectivity index (χ0) is 18.2. The fourth-order valence-corrected chi connectivity index (χ4v) is 2.75. The first-order chi connectivity index (χ1) is 12.7. The quantitative estimate of drug-likeness (QED) is 0.818. The number of nitrogens with one attached hydrogen (secondary N) is 2. The Hall–Kier alpha value is -3.00.